The average Bonchev–Trinajstić information content (AvgIpc) is 2.39. The van der Waals surface area contributed by atoms with Crippen molar-refractivity contribution in [1.82, 2.24) is 0 Å². The third kappa shape index (κ3) is 2.02. The lowest BCUT2D eigenvalue weighted by molar-refractivity contribution is 0.192. The van der Waals surface area contributed by atoms with Gasteiger partial charge in [0.15, 0.2) is 0 Å². The standard InChI is InChI=1S/C13H23F/c1-5-6-7-13(10(2)3)9-12(14)8-11(13)4/h10,12H,4-9H2,1-3H3/t12-,13+/m0/s1. The quantitative estimate of drug-likeness (QED) is 0.583. The highest BCUT2D eigenvalue weighted by Gasteiger charge is 2.43. The van der Waals surface area contributed by atoms with Crippen LogP contribution in [-0.2, 0) is 0 Å². The van der Waals surface area contributed by atoms with Crippen molar-refractivity contribution in [2.75, 3.05) is 0 Å². The third-order valence-corrected chi connectivity index (χ3v) is 3.84. The highest BCUT2D eigenvalue weighted by atomic mass is 19.1. The van der Waals surface area contributed by atoms with Crippen LogP contribution in [-0.4, -0.2) is 6.17 Å². The summed E-state index contributed by atoms with van der Waals surface area (Å²) >= 11 is 0. The van der Waals surface area contributed by atoms with Crippen LogP contribution in [0.3, 0.4) is 0 Å². The number of hydrogen-bond donors (Lipinski definition) is 0. The van der Waals surface area contributed by atoms with Crippen LogP contribution < -0.4 is 0 Å². The van der Waals surface area contributed by atoms with Crippen molar-refractivity contribution in [3.05, 3.63) is 12.2 Å². The minimum absolute atomic E-state index is 0.107. The van der Waals surface area contributed by atoms with Gasteiger partial charge in [0.1, 0.15) is 6.17 Å². The fourth-order valence-electron chi connectivity index (χ4n) is 2.79. The normalized spacial score (nSPS) is 32.9. The molecule has 1 rings (SSSR count). The molecule has 82 valence electrons. The monoisotopic (exact) mass is 198 g/mol. The van der Waals surface area contributed by atoms with Gasteiger partial charge in [-0.3, -0.25) is 0 Å². The maximum absolute atomic E-state index is 13.4. The molecular formula is C13H23F. The van der Waals surface area contributed by atoms with Gasteiger partial charge < -0.3 is 0 Å². The highest BCUT2D eigenvalue weighted by Crippen LogP contribution is 2.51. The Bertz CT molecular complexity index is 207. The van der Waals surface area contributed by atoms with Gasteiger partial charge in [0, 0.05) is 0 Å². The maximum Gasteiger partial charge on any atom is 0.105 e. The molecule has 0 aromatic heterocycles. The molecule has 0 radical (unpaired) electrons. The zero-order valence-corrected chi connectivity index (χ0v) is 9.78. The molecule has 1 aliphatic rings. The Morgan fingerprint density at radius 2 is 2.21 bits per heavy atom. The fourth-order valence-corrected chi connectivity index (χ4v) is 2.79. The van der Waals surface area contributed by atoms with Gasteiger partial charge >= 0.3 is 0 Å². The highest BCUT2D eigenvalue weighted by molar-refractivity contribution is 5.19. The summed E-state index contributed by atoms with van der Waals surface area (Å²) in [4.78, 5) is 0. The van der Waals surface area contributed by atoms with E-state index in [1.165, 1.54) is 12.8 Å². The molecule has 0 N–H and O–H groups in total. The first kappa shape index (κ1) is 11.7. The zero-order valence-electron chi connectivity index (χ0n) is 9.78. The van der Waals surface area contributed by atoms with Crippen LogP contribution in [0.2, 0.25) is 0 Å². The average molecular weight is 198 g/mol. The van der Waals surface area contributed by atoms with Gasteiger partial charge in [-0.2, -0.15) is 0 Å². The second kappa shape index (κ2) is 4.46. The fraction of sp³-hybridized carbons (Fsp3) is 0.846. The van der Waals surface area contributed by atoms with Crippen LogP contribution in [0, 0.1) is 11.3 Å². The van der Waals surface area contributed by atoms with Gasteiger partial charge in [0.05, 0.1) is 0 Å². The summed E-state index contributed by atoms with van der Waals surface area (Å²) in [5.41, 5.74) is 1.27. The van der Waals surface area contributed by atoms with Gasteiger partial charge in [0.25, 0.3) is 0 Å². The molecule has 0 nitrogen and oxygen atoms in total. The summed E-state index contributed by atoms with van der Waals surface area (Å²) in [5, 5.41) is 0. The summed E-state index contributed by atoms with van der Waals surface area (Å²) in [5.74, 6) is 0.530. The van der Waals surface area contributed by atoms with Crippen molar-refractivity contribution in [1.29, 1.82) is 0 Å². The molecule has 0 aromatic carbocycles. The van der Waals surface area contributed by atoms with Crippen molar-refractivity contribution in [3.8, 4) is 0 Å². The summed E-state index contributed by atoms with van der Waals surface area (Å²) in [6.07, 6.45) is 4.19. The predicted molar refractivity (Wildman–Crippen MR) is 60.1 cm³/mol. The number of unbranched alkanes of at least 4 members (excludes halogenated alkanes) is 1. The molecule has 0 aliphatic heterocycles. The van der Waals surface area contributed by atoms with Crippen LogP contribution in [0.4, 0.5) is 4.39 Å². The van der Waals surface area contributed by atoms with E-state index in [1.807, 2.05) is 0 Å². The van der Waals surface area contributed by atoms with Gasteiger partial charge in [0.2, 0.25) is 0 Å². The zero-order chi connectivity index (χ0) is 10.8. The topological polar surface area (TPSA) is 0 Å². The lowest BCUT2D eigenvalue weighted by Crippen LogP contribution is -2.26. The van der Waals surface area contributed by atoms with Crippen molar-refractivity contribution in [3.63, 3.8) is 0 Å². The first-order valence-electron chi connectivity index (χ1n) is 5.85. The van der Waals surface area contributed by atoms with Gasteiger partial charge in [-0.05, 0) is 30.6 Å². The first-order valence-corrected chi connectivity index (χ1v) is 5.85. The van der Waals surface area contributed by atoms with Crippen molar-refractivity contribution < 1.29 is 4.39 Å². The molecule has 0 amide bonds. The second-order valence-electron chi connectivity index (χ2n) is 5.02. The molecule has 0 heterocycles. The minimum atomic E-state index is -0.637. The van der Waals surface area contributed by atoms with E-state index in [9.17, 15) is 4.39 Å². The number of allylic oxidation sites excluding steroid dienone is 1. The second-order valence-corrected chi connectivity index (χ2v) is 5.02. The molecule has 0 bridgehead atoms. The predicted octanol–water partition coefficient (Wildman–Crippen LogP) is 4.51. The molecule has 0 unspecified atom stereocenters. The maximum atomic E-state index is 13.4. The lowest BCUT2D eigenvalue weighted by Gasteiger charge is -2.35. The molecule has 1 aliphatic carbocycles. The van der Waals surface area contributed by atoms with Crippen LogP contribution in [0.1, 0.15) is 52.9 Å². The summed E-state index contributed by atoms with van der Waals surface area (Å²) < 4.78 is 13.4. The molecular weight excluding hydrogens is 175 g/mol. The molecule has 0 saturated heterocycles. The van der Waals surface area contributed by atoms with Crippen molar-refractivity contribution >= 4 is 0 Å². The molecule has 14 heavy (non-hydrogen) atoms. The Morgan fingerprint density at radius 3 is 2.57 bits per heavy atom. The molecule has 1 heteroatoms. The van der Waals surface area contributed by atoms with Crippen LogP contribution in [0.5, 0.6) is 0 Å². The minimum Gasteiger partial charge on any atom is -0.247 e. The largest absolute Gasteiger partial charge is 0.247 e. The molecule has 2 atom stereocenters. The Labute approximate surface area is 87.6 Å². The number of alkyl halides is 1. The number of hydrogen-bond acceptors (Lipinski definition) is 0. The first-order chi connectivity index (χ1) is 6.53. The SMILES string of the molecule is C=C1C[C@H](F)C[C@]1(CCCC)C(C)C. The van der Waals surface area contributed by atoms with Crippen molar-refractivity contribution in [2.45, 2.75) is 59.0 Å². The smallest absolute Gasteiger partial charge is 0.105 e. The third-order valence-electron chi connectivity index (χ3n) is 3.84. The Balaban J connectivity index is 2.76. The van der Waals surface area contributed by atoms with Crippen LogP contribution in [0.15, 0.2) is 12.2 Å². The molecule has 0 spiro atoms. The van der Waals surface area contributed by atoms with E-state index in [-0.39, 0.29) is 5.41 Å². The van der Waals surface area contributed by atoms with E-state index in [4.69, 9.17) is 0 Å². The van der Waals surface area contributed by atoms with E-state index in [1.54, 1.807) is 0 Å². The van der Waals surface area contributed by atoms with E-state index < -0.39 is 6.17 Å². The number of rotatable bonds is 4. The lowest BCUT2D eigenvalue weighted by atomic mass is 9.70. The molecule has 1 saturated carbocycles. The summed E-state index contributed by atoms with van der Waals surface area (Å²) in [6, 6.07) is 0. The van der Waals surface area contributed by atoms with E-state index in [0.29, 0.717) is 18.8 Å². The van der Waals surface area contributed by atoms with Crippen LogP contribution in [0.25, 0.3) is 0 Å². The van der Waals surface area contributed by atoms with Gasteiger partial charge in [-0.15, -0.1) is 0 Å². The summed E-state index contributed by atoms with van der Waals surface area (Å²) in [7, 11) is 0. The molecule has 0 aromatic rings. The van der Waals surface area contributed by atoms with E-state index in [0.717, 1.165) is 12.0 Å². The molecule has 1 fully saturated rings. The Hall–Kier alpha value is -0.330. The Kier molecular flexibility index (Phi) is 3.74. The Morgan fingerprint density at radius 1 is 1.57 bits per heavy atom. The van der Waals surface area contributed by atoms with Crippen molar-refractivity contribution in [2.24, 2.45) is 11.3 Å². The van der Waals surface area contributed by atoms with Gasteiger partial charge in [-0.1, -0.05) is 45.8 Å². The number of halogens is 1. The van der Waals surface area contributed by atoms with E-state index in [2.05, 4.69) is 27.4 Å². The van der Waals surface area contributed by atoms with E-state index >= 15 is 0 Å². The summed E-state index contributed by atoms with van der Waals surface area (Å²) in [6.45, 7) is 10.7. The van der Waals surface area contributed by atoms with Crippen LogP contribution >= 0.6 is 0 Å². The van der Waals surface area contributed by atoms with Gasteiger partial charge in [-0.25, -0.2) is 4.39 Å².